The molecule has 0 spiro atoms. The lowest BCUT2D eigenvalue weighted by Gasteiger charge is -2.18. The van der Waals surface area contributed by atoms with Crippen LogP contribution in [-0.2, 0) is 37.8 Å². The quantitative estimate of drug-likeness (QED) is 0.0761. The smallest absolute Gasteiger partial charge is 0.327 e. The Balaban J connectivity index is 3.51. The van der Waals surface area contributed by atoms with Crippen LogP contribution in [0.5, 0.6) is 0 Å². The Labute approximate surface area is 205 Å². The van der Waals surface area contributed by atoms with E-state index in [0.717, 1.165) is 0 Å². The number of hydrogen-bond donors (Lipinski definition) is 5. The summed E-state index contributed by atoms with van der Waals surface area (Å²) in [7, 11) is -2.45. The third-order valence-corrected chi connectivity index (χ3v) is 5.92. The van der Waals surface area contributed by atoms with Gasteiger partial charge in [-0.25, -0.2) is 0 Å². The van der Waals surface area contributed by atoms with Crippen molar-refractivity contribution in [2.75, 3.05) is 90.8 Å². The lowest BCUT2D eigenvalue weighted by atomic mass is 10.3. The molecular formula is C19H40N3O10PS. The first-order chi connectivity index (χ1) is 16.2. The largest absolute Gasteiger partial charge is 0.383 e. The summed E-state index contributed by atoms with van der Waals surface area (Å²) in [6.45, 7) is 4.54. The Bertz CT molecular complexity index is 585. The third-order valence-electron chi connectivity index (χ3n) is 3.92. The molecule has 15 heteroatoms. The molecule has 0 bridgehead atoms. The minimum absolute atomic E-state index is 0.0118. The summed E-state index contributed by atoms with van der Waals surface area (Å²) in [6, 6.07) is -0.794. The Morgan fingerprint density at radius 1 is 0.941 bits per heavy atom. The number of thioether (sulfide) groups is 1. The molecule has 0 radical (unpaired) electrons. The SMILES string of the molecule is COC[C@H](CSC[C@H](N)C(=O)NCCOCCOCCOCCOCCP(=O)(O)O)NC(C)=O. The summed E-state index contributed by atoms with van der Waals surface area (Å²) in [4.78, 5) is 40.5. The van der Waals surface area contributed by atoms with E-state index in [1.54, 1.807) is 7.11 Å². The van der Waals surface area contributed by atoms with Crippen molar-refractivity contribution in [2.45, 2.75) is 19.0 Å². The zero-order valence-corrected chi connectivity index (χ0v) is 21.7. The highest BCUT2D eigenvalue weighted by molar-refractivity contribution is 7.99. The molecule has 0 aromatic rings. The number of ether oxygens (including phenoxy) is 5. The maximum Gasteiger partial charge on any atom is 0.327 e. The van der Waals surface area contributed by atoms with Crippen molar-refractivity contribution >= 4 is 31.2 Å². The van der Waals surface area contributed by atoms with Crippen molar-refractivity contribution in [3.8, 4) is 0 Å². The molecule has 2 atom stereocenters. The van der Waals surface area contributed by atoms with Gasteiger partial charge in [0, 0.05) is 32.1 Å². The average molecular weight is 534 g/mol. The van der Waals surface area contributed by atoms with Crippen LogP contribution in [0.4, 0.5) is 0 Å². The van der Waals surface area contributed by atoms with Gasteiger partial charge in [-0.05, 0) is 0 Å². The molecule has 0 fully saturated rings. The topological polar surface area (TPSA) is 188 Å². The normalized spacial score (nSPS) is 13.4. The Kier molecular flexibility index (Phi) is 21.0. The molecule has 0 saturated carbocycles. The van der Waals surface area contributed by atoms with Gasteiger partial charge in [0.2, 0.25) is 11.8 Å². The number of carbonyl (C=O) groups is 2. The van der Waals surface area contributed by atoms with E-state index >= 15 is 0 Å². The monoisotopic (exact) mass is 533 g/mol. The molecule has 0 aliphatic rings. The first-order valence-electron chi connectivity index (χ1n) is 10.9. The van der Waals surface area contributed by atoms with Gasteiger partial charge >= 0.3 is 7.60 Å². The van der Waals surface area contributed by atoms with E-state index in [-0.39, 0.29) is 37.2 Å². The second-order valence-electron chi connectivity index (χ2n) is 7.13. The molecular weight excluding hydrogens is 493 g/mol. The molecule has 13 nitrogen and oxygen atoms in total. The third kappa shape index (κ3) is 23.0. The summed E-state index contributed by atoms with van der Waals surface area (Å²) < 4.78 is 36.7. The van der Waals surface area contributed by atoms with Gasteiger partial charge in [0.1, 0.15) is 0 Å². The van der Waals surface area contributed by atoms with Gasteiger partial charge in [-0.3, -0.25) is 14.2 Å². The standard InChI is InChI=1S/C19H40N3O10PS/c1-16(23)22-17(13-28-2)14-34-15-18(20)19(24)21-3-4-29-5-6-30-7-8-31-9-10-32-11-12-33(25,26)27/h17-18H,3-15,20H2,1-2H3,(H,21,24)(H,22,23)(H2,25,26,27)/t17-,18+/m1/s1. The highest BCUT2D eigenvalue weighted by atomic mass is 32.2. The average Bonchev–Trinajstić information content (AvgIpc) is 2.75. The minimum atomic E-state index is -4.01. The molecule has 6 N–H and O–H groups in total. The molecule has 0 aliphatic heterocycles. The zero-order chi connectivity index (χ0) is 25.7. The van der Waals surface area contributed by atoms with Crippen LogP contribution < -0.4 is 16.4 Å². The van der Waals surface area contributed by atoms with Crippen molar-refractivity contribution in [1.82, 2.24) is 10.6 Å². The van der Waals surface area contributed by atoms with Gasteiger partial charge in [0.25, 0.3) is 0 Å². The number of hydrogen-bond acceptors (Lipinski definition) is 10. The predicted molar refractivity (Wildman–Crippen MR) is 128 cm³/mol. The lowest BCUT2D eigenvalue weighted by molar-refractivity contribution is -0.122. The van der Waals surface area contributed by atoms with Gasteiger partial charge in [0.15, 0.2) is 0 Å². The van der Waals surface area contributed by atoms with Crippen molar-refractivity contribution in [1.29, 1.82) is 0 Å². The van der Waals surface area contributed by atoms with E-state index in [9.17, 15) is 14.2 Å². The molecule has 0 aromatic heterocycles. The Morgan fingerprint density at radius 2 is 1.47 bits per heavy atom. The summed E-state index contributed by atoms with van der Waals surface area (Å²) in [5, 5.41) is 5.50. The van der Waals surface area contributed by atoms with Crippen LogP contribution in [0, 0.1) is 0 Å². The molecule has 202 valence electrons. The maximum absolute atomic E-state index is 12.0. The molecule has 0 unspecified atom stereocenters. The van der Waals surface area contributed by atoms with E-state index in [1.165, 1.54) is 18.7 Å². The number of nitrogens with one attached hydrogen (secondary N) is 2. The highest BCUT2D eigenvalue weighted by Gasteiger charge is 2.15. The van der Waals surface area contributed by atoms with Crippen molar-refractivity contribution in [3.63, 3.8) is 0 Å². The second kappa shape index (κ2) is 21.5. The summed E-state index contributed by atoms with van der Waals surface area (Å²) in [6.07, 6.45) is -0.303. The van der Waals surface area contributed by atoms with Crippen LogP contribution in [-0.4, -0.2) is 124 Å². The van der Waals surface area contributed by atoms with Crippen molar-refractivity contribution in [2.24, 2.45) is 5.73 Å². The van der Waals surface area contributed by atoms with E-state index in [1.807, 2.05) is 0 Å². The number of amides is 2. The van der Waals surface area contributed by atoms with Crippen LogP contribution in [0.25, 0.3) is 0 Å². The second-order valence-corrected chi connectivity index (χ2v) is 9.98. The Morgan fingerprint density at radius 3 is 1.97 bits per heavy atom. The number of nitrogens with two attached hydrogens (primary N) is 1. The van der Waals surface area contributed by atoms with E-state index in [2.05, 4.69) is 10.6 Å². The van der Waals surface area contributed by atoms with E-state index < -0.39 is 13.6 Å². The minimum Gasteiger partial charge on any atom is -0.383 e. The molecule has 0 aliphatic carbocycles. The van der Waals surface area contributed by atoms with Crippen molar-refractivity contribution < 1.29 is 47.6 Å². The first-order valence-corrected chi connectivity index (χ1v) is 13.8. The first kappa shape index (κ1) is 33.2. The fourth-order valence-electron chi connectivity index (χ4n) is 2.36. The Hall–Kier alpha value is -0.800. The van der Waals surface area contributed by atoms with Crippen LogP contribution in [0.15, 0.2) is 0 Å². The highest BCUT2D eigenvalue weighted by Crippen LogP contribution is 2.33. The van der Waals surface area contributed by atoms with Gasteiger partial charge in [0.05, 0.1) is 77.7 Å². The molecule has 2 amide bonds. The van der Waals surface area contributed by atoms with Gasteiger partial charge in [-0.2, -0.15) is 11.8 Å². The van der Waals surface area contributed by atoms with E-state index in [0.29, 0.717) is 64.3 Å². The van der Waals surface area contributed by atoms with Crippen LogP contribution >= 0.6 is 19.4 Å². The van der Waals surface area contributed by atoms with Gasteiger partial charge < -0.3 is 49.8 Å². The maximum atomic E-state index is 12.0. The number of methoxy groups -OCH3 is 1. The van der Waals surface area contributed by atoms with Crippen molar-refractivity contribution in [3.05, 3.63) is 0 Å². The zero-order valence-electron chi connectivity index (χ0n) is 19.9. The van der Waals surface area contributed by atoms with Crippen LogP contribution in [0.2, 0.25) is 0 Å². The number of rotatable bonds is 23. The molecule has 0 saturated heterocycles. The van der Waals surface area contributed by atoms with Crippen LogP contribution in [0.1, 0.15) is 6.92 Å². The predicted octanol–water partition coefficient (Wildman–Crippen LogP) is -1.44. The molecule has 34 heavy (non-hydrogen) atoms. The van der Waals surface area contributed by atoms with Gasteiger partial charge in [-0.15, -0.1) is 0 Å². The fourth-order valence-corrected chi connectivity index (χ4v) is 3.73. The lowest BCUT2D eigenvalue weighted by Crippen LogP contribution is -2.44. The molecule has 0 aromatic carbocycles. The summed E-state index contributed by atoms with van der Waals surface area (Å²) >= 11 is 1.47. The van der Waals surface area contributed by atoms with Crippen LogP contribution in [0.3, 0.4) is 0 Å². The van der Waals surface area contributed by atoms with E-state index in [4.69, 9.17) is 39.2 Å². The molecule has 0 heterocycles. The summed E-state index contributed by atoms with van der Waals surface area (Å²) in [5.41, 5.74) is 5.89. The molecule has 0 rings (SSSR count). The fraction of sp³-hybridized carbons (Fsp3) is 0.895. The van der Waals surface area contributed by atoms with Gasteiger partial charge in [-0.1, -0.05) is 0 Å². The number of carbonyl (C=O) groups excluding carboxylic acids is 2. The summed E-state index contributed by atoms with van der Waals surface area (Å²) in [5.74, 6) is 0.611.